The number of benzene rings is 10. The first-order chi connectivity index (χ1) is 31.2. The Morgan fingerprint density at radius 2 is 0.730 bits per heavy atom. The highest BCUT2D eigenvalue weighted by Crippen LogP contribution is 2.41. The third-order valence-corrected chi connectivity index (χ3v) is 12.4. The van der Waals surface area contributed by atoms with Crippen molar-refractivity contribution in [1.29, 1.82) is 0 Å². The molecule has 0 saturated carbocycles. The van der Waals surface area contributed by atoms with Gasteiger partial charge in [0.15, 0.2) is 0 Å². The van der Waals surface area contributed by atoms with Crippen molar-refractivity contribution in [2.45, 2.75) is 0 Å². The van der Waals surface area contributed by atoms with Crippen LogP contribution in [-0.4, -0.2) is 4.57 Å². The lowest BCUT2D eigenvalue weighted by Gasteiger charge is -2.27. The van der Waals surface area contributed by atoms with Gasteiger partial charge in [0.25, 0.3) is 0 Å². The predicted molar refractivity (Wildman–Crippen MR) is 264 cm³/mol. The second-order valence-corrected chi connectivity index (χ2v) is 16.2. The van der Waals surface area contributed by atoms with E-state index >= 15 is 0 Å². The summed E-state index contributed by atoms with van der Waals surface area (Å²) in [5, 5.41) is 4.77. The highest BCUT2D eigenvalue weighted by molar-refractivity contribution is 6.09. The average Bonchev–Trinajstić information content (AvgIpc) is 3.90. The number of para-hydroxylation sites is 3. The van der Waals surface area contributed by atoms with Gasteiger partial charge >= 0.3 is 0 Å². The van der Waals surface area contributed by atoms with E-state index in [0.29, 0.717) is 0 Å². The molecule has 0 atom stereocenters. The predicted octanol–water partition coefficient (Wildman–Crippen LogP) is 16.8. The van der Waals surface area contributed by atoms with Crippen LogP contribution in [0.15, 0.2) is 247 Å². The van der Waals surface area contributed by atoms with E-state index in [1.54, 1.807) is 0 Å². The average molecular weight is 805 g/mol. The van der Waals surface area contributed by atoms with E-state index in [4.69, 9.17) is 4.42 Å². The summed E-state index contributed by atoms with van der Waals surface area (Å²) >= 11 is 0. The molecule has 296 valence electrons. The van der Waals surface area contributed by atoms with E-state index in [1.165, 1.54) is 38.5 Å². The molecule has 3 heteroatoms. The molecule has 0 fully saturated rings. The Morgan fingerprint density at radius 3 is 1.44 bits per heavy atom. The fraction of sp³-hybridized carbons (Fsp3) is 0. The lowest BCUT2D eigenvalue weighted by atomic mass is 9.98. The van der Waals surface area contributed by atoms with Gasteiger partial charge in [-0.1, -0.05) is 164 Å². The number of anilines is 3. The lowest BCUT2D eigenvalue weighted by Crippen LogP contribution is -2.10. The molecular weight excluding hydrogens is 765 g/mol. The molecule has 2 aromatic heterocycles. The second-order valence-electron chi connectivity index (χ2n) is 16.2. The molecule has 0 spiro atoms. The minimum atomic E-state index is 0.902. The van der Waals surface area contributed by atoms with E-state index in [9.17, 15) is 0 Å². The fourth-order valence-corrected chi connectivity index (χ4v) is 9.32. The van der Waals surface area contributed by atoms with Gasteiger partial charge in [0.1, 0.15) is 11.2 Å². The third kappa shape index (κ3) is 6.55. The number of furan rings is 1. The van der Waals surface area contributed by atoms with Crippen LogP contribution in [0.2, 0.25) is 0 Å². The molecule has 0 unspecified atom stereocenters. The van der Waals surface area contributed by atoms with Crippen LogP contribution in [0, 0.1) is 0 Å². The first-order valence-electron chi connectivity index (χ1n) is 21.5. The van der Waals surface area contributed by atoms with Crippen molar-refractivity contribution < 1.29 is 4.42 Å². The Balaban J connectivity index is 0.941. The number of fused-ring (bicyclic) bond motifs is 6. The van der Waals surface area contributed by atoms with Crippen LogP contribution < -0.4 is 4.90 Å². The summed E-state index contributed by atoms with van der Waals surface area (Å²) in [7, 11) is 0. The molecule has 12 rings (SSSR count). The molecule has 0 N–H and O–H groups in total. The van der Waals surface area contributed by atoms with Crippen LogP contribution in [0.25, 0.3) is 93.9 Å². The maximum Gasteiger partial charge on any atom is 0.136 e. The SMILES string of the molecule is c1ccc(-c2ccc(-c3cccc(N(c4ccc(-c5cccc(-c6ccc7c(c6)oc6ccccc67)c5)cc4)c4cccc(-n5c6ccccc6c6ccccc65)c4)c3)cc2)cc1. The van der Waals surface area contributed by atoms with Crippen molar-refractivity contribution in [3.8, 4) is 50.2 Å². The van der Waals surface area contributed by atoms with Gasteiger partial charge < -0.3 is 13.9 Å². The summed E-state index contributed by atoms with van der Waals surface area (Å²) in [5.74, 6) is 0. The molecule has 0 aliphatic heterocycles. The number of rotatable bonds is 8. The van der Waals surface area contributed by atoms with Crippen molar-refractivity contribution >= 4 is 60.8 Å². The standard InChI is InChI=1S/C60H40N2O/c1-2-13-41(14-3-1)42-27-29-43(30-28-42)47-17-11-18-50(38-47)61(51-19-12-20-52(40-51)62-57-24-7-4-21-53(57)54-22-5-8-25-58(54)62)49-34-31-44(32-35-49)45-15-10-16-46(37-45)48-33-36-56-55-23-6-9-26-59(55)63-60(56)39-48/h1-40H. The fourth-order valence-electron chi connectivity index (χ4n) is 9.32. The summed E-state index contributed by atoms with van der Waals surface area (Å²) in [4.78, 5) is 2.38. The Labute approximate surface area is 366 Å². The summed E-state index contributed by atoms with van der Waals surface area (Å²) < 4.78 is 8.64. The topological polar surface area (TPSA) is 21.3 Å². The Hall–Kier alpha value is -8.40. The van der Waals surface area contributed by atoms with Crippen molar-refractivity contribution in [3.05, 3.63) is 243 Å². The van der Waals surface area contributed by atoms with Crippen LogP contribution in [0.5, 0.6) is 0 Å². The van der Waals surface area contributed by atoms with Crippen LogP contribution in [0.4, 0.5) is 17.1 Å². The van der Waals surface area contributed by atoms with Crippen molar-refractivity contribution in [2.75, 3.05) is 4.90 Å². The molecule has 3 nitrogen and oxygen atoms in total. The third-order valence-electron chi connectivity index (χ3n) is 12.4. The summed E-state index contributed by atoms with van der Waals surface area (Å²) in [5.41, 5.74) is 17.9. The molecule has 0 bridgehead atoms. The minimum Gasteiger partial charge on any atom is -0.456 e. The maximum absolute atomic E-state index is 6.25. The van der Waals surface area contributed by atoms with Crippen LogP contribution in [0.1, 0.15) is 0 Å². The highest BCUT2D eigenvalue weighted by Gasteiger charge is 2.18. The van der Waals surface area contributed by atoms with Crippen molar-refractivity contribution in [2.24, 2.45) is 0 Å². The quantitative estimate of drug-likeness (QED) is 0.153. The smallest absolute Gasteiger partial charge is 0.136 e. The number of hydrogen-bond donors (Lipinski definition) is 0. The molecule has 0 saturated heterocycles. The first kappa shape index (κ1) is 36.5. The number of hydrogen-bond acceptors (Lipinski definition) is 2. The molecule has 10 aromatic carbocycles. The van der Waals surface area contributed by atoms with Crippen LogP contribution in [-0.2, 0) is 0 Å². The molecule has 0 aliphatic rings. The molecular formula is C60H40N2O. The van der Waals surface area contributed by atoms with E-state index in [1.807, 2.05) is 12.1 Å². The Kier molecular flexibility index (Phi) is 8.83. The van der Waals surface area contributed by atoms with E-state index in [2.05, 4.69) is 240 Å². The van der Waals surface area contributed by atoms with Gasteiger partial charge in [-0.3, -0.25) is 0 Å². The first-order valence-corrected chi connectivity index (χ1v) is 21.5. The normalized spacial score (nSPS) is 11.5. The summed E-state index contributed by atoms with van der Waals surface area (Å²) in [6.45, 7) is 0. The summed E-state index contributed by atoms with van der Waals surface area (Å²) in [6.07, 6.45) is 0. The van der Waals surface area contributed by atoms with Gasteiger partial charge in [0.05, 0.1) is 11.0 Å². The maximum atomic E-state index is 6.25. The van der Waals surface area contributed by atoms with Crippen molar-refractivity contribution in [3.63, 3.8) is 0 Å². The van der Waals surface area contributed by atoms with Gasteiger partial charge in [0.2, 0.25) is 0 Å². The van der Waals surface area contributed by atoms with Crippen molar-refractivity contribution in [1.82, 2.24) is 4.57 Å². The van der Waals surface area contributed by atoms with Gasteiger partial charge in [-0.05, 0) is 123 Å². The Morgan fingerprint density at radius 1 is 0.270 bits per heavy atom. The molecule has 0 aliphatic carbocycles. The zero-order valence-electron chi connectivity index (χ0n) is 34.4. The molecule has 12 aromatic rings. The number of aromatic nitrogens is 1. The van der Waals surface area contributed by atoms with E-state index in [-0.39, 0.29) is 0 Å². The van der Waals surface area contributed by atoms with Gasteiger partial charge in [-0.25, -0.2) is 0 Å². The van der Waals surface area contributed by atoms with Crippen LogP contribution >= 0.6 is 0 Å². The molecule has 2 heterocycles. The largest absolute Gasteiger partial charge is 0.456 e. The van der Waals surface area contributed by atoms with E-state index < -0.39 is 0 Å². The Bertz CT molecular complexity index is 3560. The minimum absolute atomic E-state index is 0.902. The number of nitrogens with zero attached hydrogens (tertiary/aromatic N) is 2. The lowest BCUT2D eigenvalue weighted by molar-refractivity contribution is 0.669. The van der Waals surface area contributed by atoms with Gasteiger partial charge in [0, 0.05) is 44.3 Å². The monoisotopic (exact) mass is 804 g/mol. The summed E-state index contributed by atoms with van der Waals surface area (Å²) in [6, 6.07) is 87.2. The second kappa shape index (κ2) is 15.3. The highest BCUT2D eigenvalue weighted by atomic mass is 16.3. The molecule has 0 amide bonds. The van der Waals surface area contributed by atoms with Gasteiger partial charge in [-0.15, -0.1) is 0 Å². The van der Waals surface area contributed by atoms with Gasteiger partial charge in [-0.2, -0.15) is 0 Å². The van der Waals surface area contributed by atoms with Crippen LogP contribution in [0.3, 0.4) is 0 Å². The zero-order valence-corrected chi connectivity index (χ0v) is 34.4. The molecule has 0 radical (unpaired) electrons. The zero-order chi connectivity index (χ0) is 41.7. The van der Waals surface area contributed by atoms with E-state index in [0.717, 1.165) is 72.5 Å². The molecule has 63 heavy (non-hydrogen) atoms.